The van der Waals surface area contributed by atoms with Crippen molar-refractivity contribution in [3.8, 4) is 11.3 Å². The molecule has 1 aromatic carbocycles. The second-order valence-corrected chi connectivity index (χ2v) is 5.47. The van der Waals surface area contributed by atoms with E-state index in [1.807, 2.05) is 12.4 Å². The number of nitrogens with two attached hydrogens (primary N) is 1. The number of hydrogen-bond acceptors (Lipinski definition) is 4. The van der Waals surface area contributed by atoms with Crippen LogP contribution in [0.5, 0.6) is 0 Å². The Bertz CT molecular complexity index is 906. The molecule has 4 aromatic rings. The van der Waals surface area contributed by atoms with E-state index in [9.17, 15) is 0 Å². The molecule has 0 amide bonds. The zero-order chi connectivity index (χ0) is 13.5. The van der Waals surface area contributed by atoms with Gasteiger partial charge < -0.3 is 5.73 Å². The molecular weight excluding hydrogens is 268 g/mol. The molecule has 0 aliphatic carbocycles. The fraction of sp³-hybridized carbons (Fsp3) is 0.0667. The molecule has 0 radical (unpaired) electrons. The summed E-state index contributed by atoms with van der Waals surface area (Å²) in [6.45, 7) is 0.394. The number of rotatable bonds is 2. The van der Waals surface area contributed by atoms with Crippen molar-refractivity contribution in [1.29, 1.82) is 0 Å². The Balaban J connectivity index is 2.03. The third-order valence-corrected chi connectivity index (χ3v) is 4.41. The lowest BCUT2D eigenvalue weighted by Gasteiger charge is -2.02. The van der Waals surface area contributed by atoms with Gasteiger partial charge in [0.05, 0.1) is 17.6 Å². The van der Waals surface area contributed by atoms with Crippen molar-refractivity contribution in [3.05, 3.63) is 53.9 Å². The molecule has 0 spiro atoms. The highest BCUT2D eigenvalue weighted by Gasteiger charge is 2.12. The quantitative estimate of drug-likeness (QED) is 0.614. The molecule has 0 saturated carbocycles. The van der Waals surface area contributed by atoms with Gasteiger partial charge in [0.1, 0.15) is 0 Å². The molecule has 3 heterocycles. The molecule has 0 aliphatic heterocycles. The average Bonchev–Trinajstić information content (AvgIpc) is 3.10. The fourth-order valence-corrected chi connectivity index (χ4v) is 3.45. The van der Waals surface area contributed by atoms with E-state index in [0.29, 0.717) is 6.54 Å². The van der Waals surface area contributed by atoms with Crippen LogP contribution in [0.1, 0.15) is 5.69 Å². The van der Waals surface area contributed by atoms with Gasteiger partial charge in [0, 0.05) is 40.0 Å². The number of nitrogens with zero attached hydrogens (tertiary/aromatic N) is 3. The van der Waals surface area contributed by atoms with Crippen LogP contribution in [0, 0.1) is 0 Å². The van der Waals surface area contributed by atoms with Crippen LogP contribution < -0.4 is 5.73 Å². The maximum absolute atomic E-state index is 5.72. The smallest absolute Gasteiger partial charge is 0.160 e. The van der Waals surface area contributed by atoms with E-state index in [-0.39, 0.29) is 0 Å². The third kappa shape index (κ3) is 1.57. The van der Waals surface area contributed by atoms with E-state index >= 15 is 0 Å². The van der Waals surface area contributed by atoms with E-state index in [1.165, 1.54) is 15.6 Å². The molecule has 4 nitrogen and oxygen atoms in total. The molecule has 0 aliphatic rings. The highest BCUT2D eigenvalue weighted by Crippen LogP contribution is 2.34. The summed E-state index contributed by atoms with van der Waals surface area (Å²) in [6.07, 6.45) is 5.60. The predicted molar refractivity (Wildman–Crippen MR) is 81.7 cm³/mol. The average molecular weight is 280 g/mol. The first kappa shape index (κ1) is 11.6. The fourth-order valence-electron chi connectivity index (χ4n) is 2.49. The van der Waals surface area contributed by atoms with Gasteiger partial charge in [0.2, 0.25) is 0 Å². The van der Waals surface area contributed by atoms with Gasteiger partial charge in [0.25, 0.3) is 0 Å². The minimum absolute atomic E-state index is 0.394. The highest BCUT2D eigenvalue weighted by atomic mass is 32.1. The van der Waals surface area contributed by atoms with E-state index in [1.54, 1.807) is 17.5 Å². The van der Waals surface area contributed by atoms with Crippen molar-refractivity contribution in [2.75, 3.05) is 0 Å². The molecule has 3 aromatic heterocycles. The molecular formula is C15H12N4S. The number of hydrogen-bond donors (Lipinski definition) is 1. The van der Waals surface area contributed by atoms with Crippen LogP contribution in [0.25, 0.3) is 27.0 Å². The first-order chi connectivity index (χ1) is 9.88. The standard InChI is InChI=1S/C15H12N4S/c16-7-12-15-18-8-13(19(15)6-5-17-12)11-9-20-14-4-2-1-3-10(11)14/h1-6,8-9H,7,16H2. The molecule has 0 saturated heterocycles. The normalized spacial score (nSPS) is 11.4. The van der Waals surface area contributed by atoms with Crippen molar-refractivity contribution in [3.63, 3.8) is 0 Å². The Hall–Kier alpha value is -2.24. The van der Waals surface area contributed by atoms with Crippen LogP contribution in [-0.4, -0.2) is 14.4 Å². The molecule has 5 heteroatoms. The minimum Gasteiger partial charge on any atom is -0.325 e. The lowest BCUT2D eigenvalue weighted by atomic mass is 10.1. The highest BCUT2D eigenvalue weighted by molar-refractivity contribution is 7.17. The van der Waals surface area contributed by atoms with Crippen LogP contribution in [-0.2, 0) is 6.54 Å². The summed E-state index contributed by atoms with van der Waals surface area (Å²) in [5.74, 6) is 0. The van der Waals surface area contributed by atoms with Gasteiger partial charge in [0.15, 0.2) is 5.65 Å². The van der Waals surface area contributed by atoms with Crippen molar-refractivity contribution in [2.24, 2.45) is 5.73 Å². The third-order valence-electron chi connectivity index (χ3n) is 3.45. The SMILES string of the molecule is NCc1nccn2c(-c3csc4ccccc34)cnc12. The zero-order valence-electron chi connectivity index (χ0n) is 10.7. The second-order valence-electron chi connectivity index (χ2n) is 4.56. The van der Waals surface area contributed by atoms with Crippen LogP contribution in [0.2, 0.25) is 0 Å². The molecule has 2 N–H and O–H groups in total. The summed E-state index contributed by atoms with van der Waals surface area (Å²) in [4.78, 5) is 8.75. The van der Waals surface area contributed by atoms with Crippen LogP contribution in [0.15, 0.2) is 48.2 Å². The van der Waals surface area contributed by atoms with Crippen molar-refractivity contribution >= 4 is 27.1 Å². The summed E-state index contributed by atoms with van der Waals surface area (Å²) >= 11 is 1.75. The van der Waals surface area contributed by atoms with Crippen LogP contribution in [0.3, 0.4) is 0 Å². The Morgan fingerprint density at radius 1 is 1.20 bits per heavy atom. The summed E-state index contributed by atoms with van der Waals surface area (Å²) in [7, 11) is 0. The number of fused-ring (bicyclic) bond motifs is 2. The molecule has 20 heavy (non-hydrogen) atoms. The summed E-state index contributed by atoms with van der Waals surface area (Å²) < 4.78 is 3.34. The lowest BCUT2D eigenvalue weighted by molar-refractivity contribution is 0.964. The first-order valence-electron chi connectivity index (χ1n) is 6.36. The maximum Gasteiger partial charge on any atom is 0.160 e. The van der Waals surface area contributed by atoms with Gasteiger partial charge >= 0.3 is 0 Å². The molecule has 0 fully saturated rings. The summed E-state index contributed by atoms with van der Waals surface area (Å²) in [6, 6.07) is 8.41. The van der Waals surface area contributed by atoms with Gasteiger partial charge in [-0.25, -0.2) is 4.98 Å². The second kappa shape index (κ2) is 4.40. The Labute approximate surface area is 119 Å². The van der Waals surface area contributed by atoms with E-state index in [2.05, 4.69) is 44.0 Å². The van der Waals surface area contributed by atoms with E-state index in [0.717, 1.165) is 17.0 Å². The Morgan fingerprint density at radius 3 is 3.00 bits per heavy atom. The zero-order valence-corrected chi connectivity index (χ0v) is 11.5. The molecule has 4 rings (SSSR count). The minimum atomic E-state index is 0.394. The van der Waals surface area contributed by atoms with Gasteiger partial charge in [-0.15, -0.1) is 11.3 Å². The predicted octanol–water partition coefficient (Wildman–Crippen LogP) is 3.07. The number of thiophene rings is 1. The number of aromatic nitrogens is 3. The maximum atomic E-state index is 5.72. The van der Waals surface area contributed by atoms with Gasteiger partial charge in [-0.3, -0.25) is 9.38 Å². The topological polar surface area (TPSA) is 56.2 Å². The summed E-state index contributed by atoms with van der Waals surface area (Å²) in [5.41, 5.74) is 9.65. The molecule has 0 atom stereocenters. The molecule has 0 bridgehead atoms. The van der Waals surface area contributed by atoms with Gasteiger partial charge in [-0.2, -0.15) is 0 Å². The Kier molecular flexibility index (Phi) is 2.55. The van der Waals surface area contributed by atoms with E-state index in [4.69, 9.17) is 5.73 Å². The first-order valence-corrected chi connectivity index (χ1v) is 7.24. The van der Waals surface area contributed by atoms with Crippen molar-refractivity contribution in [1.82, 2.24) is 14.4 Å². The summed E-state index contributed by atoms with van der Waals surface area (Å²) in [5, 5.41) is 3.43. The Morgan fingerprint density at radius 2 is 2.10 bits per heavy atom. The van der Waals surface area contributed by atoms with Gasteiger partial charge in [-0.1, -0.05) is 18.2 Å². The van der Waals surface area contributed by atoms with Crippen molar-refractivity contribution < 1.29 is 0 Å². The van der Waals surface area contributed by atoms with Crippen LogP contribution >= 0.6 is 11.3 Å². The number of benzene rings is 1. The monoisotopic (exact) mass is 280 g/mol. The largest absolute Gasteiger partial charge is 0.325 e. The van der Waals surface area contributed by atoms with Gasteiger partial charge in [-0.05, 0) is 6.07 Å². The molecule has 98 valence electrons. The van der Waals surface area contributed by atoms with Crippen molar-refractivity contribution in [2.45, 2.75) is 6.54 Å². The molecule has 0 unspecified atom stereocenters. The van der Waals surface area contributed by atoms with Crippen LogP contribution in [0.4, 0.5) is 0 Å². The van der Waals surface area contributed by atoms with E-state index < -0.39 is 0 Å². The number of imidazole rings is 1. The lowest BCUT2D eigenvalue weighted by Crippen LogP contribution is -2.03.